The molecule has 0 aliphatic rings. The zero-order valence-corrected chi connectivity index (χ0v) is 47.9. The molecule has 0 aliphatic heterocycles. The highest BCUT2D eigenvalue weighted by Crippen LogP contribution is 2.18. The lowest BCUT2D eigenvalue weighted by Gasteiger charge is -2.20. The number of halogens is 1. The highest BCUT2D eigenvalue weighted by atomic mass is 35.5. The van der Waals surface area contributed by atoms with Gasteiger partial charge in [0, 0.05) is 0 Å². The number of nitrogens with one attached hydrogen (secondary N) is 1. The lowest BCUT2D eigenvalue weighted by atomic mass is 10.0. The van der Waals surface area contributed by atoms with E-state index in [-0.39, 0.29) is 12.4 Å². The maximum absolute atomic E-state index is 2.36. The molecular weight excluding hydrogens is 818 g/mol. The van der Waals surface area contributed by atoms with Crippen LogP contribution in [-0.2, 0) is 0 Å². The van der Waals surface area contributed by atoms with E-state index in [9.17, 15) is 0 Å². The van der Waals surface area contributed by atoms with Crippen LogP contribution in [0.3, 0.4) is 0 Å². The molecule has 0 amide bonds. The van der Waals surface area contributed by atoms with Crippen LogP contribution in [0.5, 0.6) is 0 Å². The van der Waals surface area contributed by atoms with E-state index in [1.807, 2.05) is 4.90 Å². The molecule has 0 aliphatic carbocycles. The molecular formula is C64H132ClN. The lowest BCUT2D eigenvalue weighted by molar-refractivity contribution is -0.900. The molecule has 2 heteroatoms. The average Bonchev–Trinajstić information content (AvgIpc) is 3.30. The van der Waals surface area contributed by atoms with E-state index in [2.05, 4.69) is 27.7 Å². The minimum absolute atomic E-state index is 0. The molecule has 0 aromatic carbocycles. The van der Waals surface area contributed by atoms with Gasteiger partial charge in [0.25, 0.3) is 0 Å². The summed E-state index contributed by atoms with van der Waals surface area (Å²) in [6.45, 7) is 13.7. The highest BCUT2D eigenvalue weighted by molar-refractivity contribution is 4.55. The van der Waals surface area contributed by atoms with Crippen LogP contribution in [-0.4, -0.2) is 19.6 Å². The van der Waals surface area contributed by atoms with E-state index in [0.717, 1.165) is 5.92 Å². The predicted molar refractivity (Wildman–Crippen MR) is 300 cm³/mol. The van der Waals surface area contributed by atoms with Crippen molar-refractivity contribution in [2.24, 2.45) is 5.92 Å². The molecule has 0 atom stereocenters. The fourth-order valence-electron chi connectivity index (χ4n) is 10.9. The van der Waals surface area contributed by atoms with Crippen molar-refractivity contribution >= 4 is 0 Å². The predicted octanol–water partition coefficient (Wildman–Crippen LogP) is 19.4. The summed E-state index contributed by atoms with van der Waals surface area (Å²) in [6, 6.07) is 0. The van der Waals surface area contributed by atoms with Crippen LogP contribution in [0.1, 0.15) is 387 Å². The average molecular weight is 951 g/mol. The van der Waals surface area contributed by atoms with Gasteiger partial charge in [-0.3, -0.25) is 0 Å². The molecule has 400 valence electrons. The number of unbranched alkanes of at least 4 members (excludes halogenated alkanes) is 52. The molecule has 0 saturated heterocycles. The van der Waals surface area contributed by atoms with Crippen molar-refractivity contribution in [3.63, 3.8) is 0 Å². The Morgan fingerprint density at radius 1 is 0.197 bits per heavy atom. The summed E-state index contributed by atoms with van der Waals surface area (Å²) in [7, 11) is 0. The Kier molecular flexibility index (Phi) is 65.5. The Morgan fingerprint density at radius 2 is 0.333 bits per heavy atom. The smallest absolute Gasteiger partial charge is 0.0770 e. The summed E-state index contributed by atoms with van der Waals surface area (Å²) < 4.78 is 0. The minimum atomic E-state index is 0. The van der Waals surface area contributed by atoms with Crippen LogP contribution in [0, 0.1) is 5.92 Å². The molecule has 0 spiro atoms. The van der Waals surface area contributed by atoms with E-state index >= 15 is 0 Å². The number of hydrogen-bond acceptors (Lipinski definition) is 0. The third-order valence-corrected chi connectivity index (χ3v) is 15.6. The molecule has 0 aromatic heterocycles. The number of rotatable bonds is 60. The largest absolute Gasteiger partial charge is 1.00 e. The maximum atomic E-state index is 2.36. The Labute approximate surface area is 428 Å². The van der Waals surface area contributed by atoms with Gasteiger partial charge in [-0.1, -0.05) is 349 Å². The van der Waals surface area contributed by atoms with Crippen LogP contribution >= 0.6 is 0 Å². The first-order valence-corrected chi connectivity index (χ1v) is 32.0. The highest BCUT2D eigenvalue weighted by Gasteiger charge is 2.09. The van der Waals surface area contributed by atoms with E-state index in [1.165, 1.54) is 379 Å². The Hall–Kier alpha value is 0.250. The van der Waals surface area contributed by atoms with Crippen molar-refractivity contribution in [2.45, 2.75) is 387 Å². The van der Waals surface area contributed by atoms with Crippen molar-refractivity contribution in [3.8, 4) is 0 Å². The fourth-order valence-corrected chi connectivity index (χ4v) is 10.9. The van der Waals surface area contributed by atoms with Crippen LogP contribution in [0.25, 0.3) is 0 Å². The third kappa shape index (κ3) is 62.3. The summed E-state index contributed by atoms with van der Waals surface area (Å²) in [5.41, 5.74) is 0. The summed E-state index contributed by atoms with van der Waals surface area (Å²) >= 11 is 0. The molecule has 0 heterocycles. The van der Waals surface area contributed by atoms with E-state index in [1.54, 1.807) is 0 Å². The number of quaternary nitrogens is 1. The molecule has 0 aromatic rings. The lowest BCUT2D eigenvalue weighted by Crippen LogP contribution is -3.12. The second-order valence-corrected chi connectivity index (χ2v) is 22.9. The van der Waals surface area contributed by atoms with Gasteiger partial charge in [0.15, 0.2) is 0 Å². The molecule has 0 saturated carbocycles. The van der Waals surface area contributed by atoms with Gasteiger partial charge in [-0.15, -0.1) is 0 Å². The zero-order valence-electron chi connectivity index (χ0n) is 47.2. The first-order valence-electron chi connectivity index (χ1n) is 32.0. The maximum Gasteiger partial charge on any atom is 0.0770 e. The Bertz CT molecular complexity index is 756. The Morgan fingerprint density at radius 3 is 0.485 bits per heavy atom. The van der Waals surface area contributed by atoms with Gasteiger partial charge in [0.05, 0.1) is 19.6 Å². The first-order chi connectivity index (χ1) is 32.2. The molecule has 0 unspecified atom stereocenters. The summed E-state index contributed by atoms with van der Waals surface area (Å²) in [5, 5.41) is 0. The standard InChI is InChI=1S/C64H131N.ClH/c1-5-7-9-11-13-15-17-19-21-23-29-33-37-41-45-49-53-57-61-65(62-58-54-50-46-42-38-34-30-24-22-20-18-16-14-12-10-8-6-2)63-59-55-51-47-43-39-35-31-27-25-26-28-32-36-40-44-48-52-56-60-64(3)4;/h64H,5-63H2,1-4H3;1H. The van der Waals surface area contributed by atoms with Crippen LogP contribution in [0.15, 0.2) is 0 Å². The second kappa shape index (κ2) is 63.3. The number of hydrogen-bond donors (Lipinski definition) is 1. The topological polar surface area (TPSA) is 4.44 Å². The zero-order chi connectivity index (χ0) is 46.9. The molecule has 0 radical (unpaired) electrons. The van der Waals surface area contributed by atoms with Gasteiger partial charge < -0.3 is 17.3 Å². The van der Waals surface area contributed by atoms with E-state index < -0.39 is 0 Å². The molecule has 1 nitrogen and oxygen atoms in total. The SMILES string of the molecule is CCCCCCCCCCCCCCCCCCCC[NH+](CCCCCCCCCCCCCCCCCCCC)CCCCCCCCCCCCCCCCCCCCCC(C)C.[Cl-]. The summed E-state index contributed by atoms with van der Waals surface area (Å²) in [6.07, 6.45) is 82.9. The molecule has 1 N–H and O–H groups in total. The first kappa shape index (κ1) is 68.3. The van der Waals surface area contributed by atoms with Gasteiger partial charge in [-0.25, -0.2) is 0 Å². The van der Waals surface area contributed by atoms with E-state index in [0.29, 0.717) is 0 Å². The summed E-state index contributed by atoms with van der Waals surface area (Å²) in [5.74, 6) is 0.892. The van der Waals surface area contributed by atoms with Gasteiger partial charge in [0.2, 0.25) is 0 Å². The Balaban J connectivity index is 0. The normalized spacial score (nSPS) is 11.7. The minimum Gasteiger partial charge on any atom is -1.00 e. The molecule has 66 heavy (non-hydrogen) atoms. The third-order valence-electron chi connectivity index (χ3n) is 15.6. The van der Waals surface area contributed by atoms with Gasteiger partial charge in [-0.05, 0) is 44.4 Å². The van der Waals surface area contributed by atoms with Gasteiger partial charge in [0.1, 0.15) is 0 Å². The van der Waals surface area contributed by atoms with Gasteiger partial charge >= 0.3 is 0 Å². The van der Waals surface area contributed by atoms with Crippen molar-refractivity contribution in [1.29, 1.82) is 0 Å². The molecule has 0 bridgehead atoms. The van der Waals surface area contributed by atoms with Crippen molar-refractivity contribution in [3.05, 3.63) is 0 Å². The van der Waals surface area contributed by atoms with Crippen molar-refractivity contribution in [1.82, 2.24) is 0 Å². The van der Waals surface area contributed by atoms with Crippen molar-refractivity contribution in [2.75, 3.05) is 19.6 Å². The molecule has 0 fully saturated rings. The van der Waals surface area contributed by atoms with Gasteiger partial charge in [-0.2, -0.15) is 0 Å². The second-order valence-electron chi connectivity index (χ2n) is 22.9. The quantitative estimate of drug-likeness (QED) is 0.0580. The van der Waals surface area contributed by atoms with Crippen LogP contribution in [0.2, 0.25) is 0 Å². The van der Waals surface area contributed by atoms with Crippen LogP contribution in [0.4, 0.5) is 0 Å². The monoisotopic (exact) mass is 950 g/mol. The van der Waals surface area contributed by atoms with E-state index in [4.69, 9.17) is 0 Å². The molecule has 0 rings (SSSR count). The van der Waals surface area contributed by atoms with Crippen molar-refractivity contribution < 1.29 is 17.3 Å². The summed E-state index contributed by atoms with van der Waals surface area (Å²) in [4.78, 5) is 1.96. The fraction of sp³-hybridized carbons (Fsp3) is 1.00. The van der Waals surface area contributed by atoms with Crippen LogP contribution < -0.4 is 17.3 Å².